The number of halogens is 3. The van der Waals surface area contributed by atoms with Gasteiger partial charge >= 0.3 is 0 Å². The molecule has 32 heavy (non-hydrogen) atoms. The molecule has 0 fully saturated rings. The fraction of sp³-hybridized carbons (Fsp3) is 0. The predicted octanol–water partition coefficient (Wildman–Crippen LogP) is 5.97. The van der Waals surface area contributed by atoms with Gasteiger partial charge in [0.25, 0.3) is 11.8 Å². The molecule has 0 spiro atoms. The monoisotopic (exact) mass is 486 g/mol. The lowest BCUT2D eigenvalue weighted by molar-refractivity contribution is 0.0961. The van der Waals surface area contributed by atoms with Crippen molar-refractivity contribution in [1.29, 1.82) is 0 Å². The van der Waals surface area contributed by atoms with Crippen LogP contribution in [0.2, 0.25) is 10.0 Å². The van der Waals surface area contributed by atoms with Crippen molar-refractivity contribution in [2.24, 2.45) is 0 Å². The Bertz CT molecular complexity index is 1260. The average molecular weight is 488 g/mol. The normalized spacial score (nSPS) is 10.2. The van der Waals surface area contributed by atoms with E-state index in [1.54, 1.807) is 66.9 Å². The summed E-state index contributed by atoms with van der Waals surface area (Å²) < 4.78 is 0. The van der Waals surface area contributed by atoms with Gasteiger partial charge in [-0.15, -0.1) is 12.4 Å². The number of amides is 2. The van der Waals surface area contributed by atoms with Gasteiger partial charge in [0.1, 0.15) is 0 Å². The lowest BCUT2D eigenvalue weighted by Crippen LogP contribution is -2.29. The zero-order valence-corrected chi connectivity index (χ0v) is 18.8. The Morgan fingerprint density at radius 2 is 1.44 bits per heavy atom. The largest absolute Gasteiger partial charge is 0.320 e. The highest BCUT2D eigenvalue weighted by Gasteiger charge is 2.16. The van der Waals surface area contributed by atoms with Crippen LogP contribution in [-0.4, -0.2) is 16.8 Å². The Hall–Kier alpha value is -3.32. The van der Waals surface area contributed by atoms with Crippen LogP contribution in [0, 0.1) is 0 Å². The van der Waals surface area contributed by atoms with Gasteiger partial charge in [0, 0.05) is 17.1 Å². The first-order chi connectivity index (χ1) is 15.0. The van der Waals surface area contributed by atoms with Gasteiger partial charge in [-0.2, -0.15) is 0 Å². The van der Waals surface area contributed by atoms with Gasteiger partial charge in [-0.05, 0) is 36.4 Å². The SMILES string of the molecule is Cl.O=C(NNc1ccnc2c(NC(=O)c3c(Cl)cccc3Cl)cccc12)c1ccccc1. The molecule has 0 bridgehead atoms. The van der Waals surface area contributed by atoms with Crippen molar-refractivity contribution in [3.8, 4) is 0 Å². The van der Waals surface area contributed by atoms with E-state index < -0.39 is 5.91 Å². The van der Waals surface area contributed by atoms with Crippen molar-refractivity contribution in [3.05, 3.63) is 100 Å². The molecule has 4 aromatic rings. The van der Waals surface area contributed by atoms with Crippen molar-refractivity contribution in [2.45, 2.75) is 0 Å². The van der Waals surface area contributed by atoms with Crippen LogP contribution in [-0.2, 0) is 0 Å². The molecule has 1 heterocycles. The van der Waals surface area contributed by atoms with Gasteiger partial charge in [0.05, 0.1) is 32.5 Å². The minimum atomic E-state index is -0.444. The van der Waals surface area contributed by atoms with E-state index in [4.69, 9.17) is 23.2 Å². The third-order valence-electron chi connectivity index (χ3n) is 4.56. The van der Waals surface area contributed by atoms with Crippen LogP contribution < -0.4 is 16.2 Å². The van der Waals surface area contributed by atoms with Crippen molar-refractivity contribution in [2.75, 3.05) is 10.7 Å². The summed E-state index contributed by atoms with van der Waals surface area (Å²) >= 11 is 12.3. The highest BCUT2D eigenvalue weighted by atomic mass is 35.5. The van der Waals surface area contributed by atoms with E-state index in [9.17, 15) is 9.59 Å². The zero-order valence-electron chi connectivity index (χ0n) is 16.4. The van der Waals surface area contributed by atoms with Gasteiger partial charge in [-0.3, -0.25) is 25.4 Å². The Balaban J connectivity index is 0.00000289. The fourth-order valence-electron chi connectivity index (χ4n) is 3.07. The highest BCUT2D eigenvalue weighted by molar-refractivity contribution is 6.40. The third kappa shape index (κ3) is 4.94. The van der Waals surface area contributed by atoms with Crippen LogP contribution in [0.4, 0.5) is 11.4 Å². The van der Waals surface area contributed by atoms with Gasteiger partial charge in [0.15, 0.2) is 0 Å². The maximum absolute atomic E-state index is 12.8. The standard InChI is InChI=1S/C23H16Cl2N4O2.ClH/c24-16-9-5-10-17(25)20(16)23(31)27-19-11-4-8-15-18(12-13-26-21(15)19)28-29-22(30)14-6-2-1-3-7-14;/h1-13H,(H,26,28)(H,27,31)(H,29,30);1H. The fourth-order valence-corrected chi connectivity index (χ4v) is 3.64. The molecule has 1 aromatic heterocycles. The van der Waals surface area contributed by atoms with E-state index in [1.807, 2.05) is 12.1 Å². The number of rotatable bonds is 5. The first-order valence-electron chi connectivity index (χ1n) is 9.29. The second kappa shape index (κ2) is 10.3. The molecule has 0 saturated heterocycles. The maximum Gasteiger partial charge on any atom is 0.269 e. The number of nitrogens with one attached hydrogen (secondary N) is 3. The maximum atomic E-state index is 12.8. The number of benzene rings is 3. The van der Waals surface area contributed by atoms with Crippen molar-refractivity contribution >= 4 is 69.7 Å². The number of hydrogen-bond donors (Lipinski definition) is 3. The third-order valence-corrected chi connectivity index (χ3v) is 5.19. The molecule has 3 N–H and O–H groups in total. The van der Waals surface area contributed by atoms with E-state index >= 15 is 0 Å². The molecule has 4 rings (SSSR count). The minimum absolute atomic E-state index is 0. The molecule has 3 aromatic carbocycles. The molecule has 0 aliphatic heterocycles. The Morgan fingerprint density at radius 1 is 0.750 bits per heavy atom. The number of aromatic nitrogens is 1. The molecule has 0 radical (unpaired) electrons. The molecule has 0 atom stereocenters. The molecule has 0 aliphatic carbocycles. The Labute approximate surface area is 200 Å². The number of carbonyl (C=O) groups is 2. The van der Waals surface area contributed by atoms with Crippen molar-refractivity contribution in [3.63, 3.8) is 0 Å². The van der Waals surface area contributed by atoms with Gasteiger partial charge in [-0.1, -0.05) is 59.6 Å². The van der Waals surface area contributed by atoms with E-state index in [0.29, 0.717) is 27.8 Å². The number of nitrogens with zero attached hydrogens (tertiary/aromatic N) is 1. The predicted molar refractivity (Wildman–Crippen MR) is 131 cm³/mol. The number of fused-ring (bicyclic) bond motifs is 1. The van der Waals surface area contributed by atoms with Gasteiger partial charge < -0.3 is 5.32 Å². The molecule has 0 aliphatic rings. The van der Waals surface area contributed by atoms with E-state index in [2.05, 4.69) is 21.2 Å². The summed E-state index contributed by atoms with van der Waals surface area (Å²) in [4.78, 5) is 29.5. The first kappa shape index (κ1) is 23.3. The summed E-state index contributed by atoms with van der Waals surface area (Å²) in [5.41, 5.74) is 7.95. The first-order valence-corrected chi connectivity index (χ1v) is 10.0. The summed E-state index contributed by atoms with van der Waals surface area (Å²) in [6, 6.07) is 20.8. The molecule has 0 saturated carbocycles. The number of carbonyl (C=O) groups excluding carboxylic acids is 2. The summed E-state index contributed by atoms with van der Waals surface area (Å²) in [5.74, 6) is -0.718. The zero-order chi connectivity index (χ0) is 21.8. The van der Waals surface area contributed by atoms with Crippen molar-refractivity contribution < 1.29 is 9.59 Å². The second-order valence-electron chi connectivity index (χ2n) is 6.56. The molecule has 162 valence electrons. The summed E-state index contributed by atoms with van der Waals surface area (Å²) in [6.45, 7) is 0. The van der Waals surface area contributed by atoms with Crippen molar-refractivity contribution in [1.82, 2.24) is 10.4 Å². The highest BCUT2D eigenvalue weighted by Crippen LogP contribution is 2.29. The Morgan fingerprint density at radius 3 is 2.16 bits per heavy atom. The second-order valence-corrected chi connectivity index (χ2v) is 7.37. The lowest BCUT2D eigenvalue weighted by Gasteiger charge is -2.14. The lowest BCUT2D eigenvalue weighted by atomic mass is 10.1. The van der Waals surface area contributed by atoms with Gasteiger partial charge in [-0.25, -0.2) is 0 Å². The molecular weight excluding hydrogens is 471 g/mol. The Kier molecular flexibility index (Phi) is 7.53. The minimum Gasteiger partial charge on any atom is -0.320 e. The summed E-state index contributed by atoms with van der Waals surface area (Å²) in [5, 5.41) is 4.03. The summed E-state index contributed by atoms with van der Waals surface area (Å²) in [7, 11) is 0. The molecule has 2 amide bonds. The van der Waals surface area contributed by atoms with Gasteiger partial charge in [0.2, 0.25) is 0 Å². The number of hydrazine groups is 1. The van der Waals surface area contributed by atoms with Crippen LogP contribution in [0.5, 0.6) is 0 Å². The van der Waals surface area contributed by atoms with E-state index in [-0.39, 0.29) is 33.9 Å². The summed E-state index contributed by atoms with van der Waals surface area (Å²) in [6.07, 6.45) is 1.58. The van der Waals surface area contributed by atoms with E-state index in [0.717, 1.165) is 0 Å². The number of para-hydroxylation sites is 1. The van der Waals surface area contributed by atoms with E-state index in [1.165, 1.54) is 0 Å². The molecule has 9 heteroatoms. The molecular formula is C23H17Cl3N4O2. The molecule has 6 nitrogen and oxygen atoms in total. The van der Waals surface area contributed by atoms with Crippen LogP contribution in [0.15, 0.2) is 79.0 Å². The topological polar surface area (TPSA) is 83.1 Å². The van der Waals surface area contributed by atoms with Crippen LogP contribution in [0.3, 0.4) is 0 Å². The smallest absolute Gasteiger partial charge is 0.269 e. The molecule has 0 unspecified atom stereocenters. The average Bonchev–Trinajstić information content (AvgIpc) is 2.78. The number of pyridine rings is 1. The van der Waals surface area contributed by atoms with Crippen LogP contribution in [0.1, 0.15) is 20.7 Å². The van der Waals surface area contributed by atoms with Crippen LogP contribution in [0.25, 0.3) is 10.9 Å². The number of hydrogen-bond acceptors (Lipinski definition) is 4. The number of anilines is 2. The quantitative estimate of drug-likeness (QED) is 0.303. The van der Waals surface area contributed by atoms with Crippen LogP contribution >= 0.6 is 35.6 Å².